The van der Waals surface area contributed by atoms with Gasteiger partial charge in [-0.25, -0.2) is 0 Å². The minimum absolute atomic E-state index is 0.926. The molecule has 0 amide bonds. The molecule has 0 spiro atoms. The van der Waals surface area contributed by atoms with Crippen LogP contribution in [-0.4, -0.2) is 83.1 Å². The predicted octanol–water partition coefficient (Wildman–Crippen LogP) is 10.1. The first-order valence-electron chi connectivity index (χ1n) is 13.2. The summed E-state index contributed by atoms with van der Waals surface area (Å²) in [5, 5.41) is 0. The van der Waals surface area contributed by atoms with Gasteiger partial charge in [-0.15, -0.1) is 24.3 Å². The molecule has 0 aliphatic rings. The number of pyridine rings is 4. The first-order chi connectivity index (χ1) is 21.9. The third-order valence-corrected chi connectivity index (χ3v) is 5.46. The molecule has 0 radical (unpaired) electrons. The van der Waals surface area contributed by atoms with Gasteiger partial charge in [0.15, 0.2) is 0 Å². The van der Waals surface area contributed by atoms with Gasteiger partial charge in [-0.1, -0.05) is 65.7 Å². The van der Waals surface area contributed by atoms with Crippen LogP contribution in [0, 0.1) is 6.07 Å². The number of rotatable bonds is 4. The number of aromatic nitrogens is 4. The molecule has 0 saturated carbocycles. The number of halogens is 5. The van der Waals surface area contributed by atoms with Crippen LogP contribution in [-0.2, 0) is 30.7 Å². The zero-order valence-corrected chi connectivity index (χ0v) is 38.7. The van der Waals surface area contributed by atoms with Crippen molar-refractivity contribution in [1.82, 2.24) is 19.9 Å². The number of hydrogen-bond donors (Lipinski definition) is 0. The van der Waals surface area contributed by atoms with Crippen LogP contribution < -0.4 is 0 Å². The molecule has 0 unspecified atom stereocenters. The maximum absolute atomic E-state index is 5.01. The van der Waals surface area contributed by atoms with Crippen molar-refractivity contribution in [2.75, 3.05) is 0 Å². The van der Waals surface area contributed by atoms with Gasteiger partial charge in [-0.05, 0) is 42.5 Å². The summed E-state index contributed by atoms with van der Waals surface area (Å²) in [6.07, 6.45) is 7.19. The van der Waals surface area contributed by atoms with Gasteiger partial charge in [0.2, 0.25) is 0 Å². The summed E-state index contributed by atoms with van der Waals surface area (Å²) >= 11 is 1.06. The van der Waals surface area contributed by atoms with Gasteiger partial charge in [0.25, 0.3) is 0 Å². The van der Waals surface area contributed by atoms with Crippen molar-refractivity contribution in [3.8, 4) is 45.0 Å². The molecule has 0 bridgehead atoms. The monoisotopic (exact) mass is 1110 g/mol. The fourth-order valence-corrected chi connectivity index (χ4v) is 3.72. The summed E-state index contributed by atoms with van der Waals surface area (Å²) in [5.41, 5.74) is 8.01. The van der Waals surface area contributed by atoms with Crippen LogP contribution in [0.3, 0.4) is 0 Å². The molecular weight excluding hydrogens is 1090 g/mol. The molecule has 4 heterocycles. The Morgan fingerprint density at radius 2 is 0.778 bits per heavy atom. The van der Waals surface area contributed by atoms with Crippen LogP contribution >= 0.6 is 47.1 Å². The molecule has 4 aromatic heterocycles. The largest absolute Gasteiger partial charge is 0.295 e. The second kappa shape index (κ2) is 25.1. The first-order valence-corrected chi connectivity index (χ1v) is 43.3. The van der Waals surface area contributed by atoms with E-state index in [2.05, 4.69) is 53.6 Å². The van der Waals surface area contributed by atoms with E-state index in [4.69, 9.17) is 37.7 Å². The van der Waals surface area contributed by atoms with Crippen molar-refractivity contribution in [3.05, 3.63) is 146 Å². The Balaban J connectivity index is 0.000000250. The second-order valence-electron chi connectivity index (χ2n) is 8.19. The van der Waals surface area contributed by atoms with Gasteiger partial charge in [-0.2, -0.15) is 0 Å². The first kappa shape index (κ1) is 42.3. The maximum atomic E-state index is 5.01. The van der Waals surface area contributed by atoms with Crippen LogP contribution in [0.2, 0.25) is 0 Å². The molecule has 0 atom stereocenters. The van der Waals surface area contributed by atoms with Crippen molar-refractivity contribution < 1.29 is 30.7 Å². The molecule has 13 heteroatoms. The number of hydrogen-bond acceptors (Lipinski definition) is 4. The molecule has 6 aromatic rings. The molecule has 0 aliphatic heterocycles. The molecule has 45 heavy (non-hydrogen) atoms. The molecular formula is C32H23Cl5K2N4Pt2. The number of benzene rings is 2. The zero-order valence-electron chi connectivity index (χ0n) is 24.1. The SMILES string of the molecule is [Cl][Pt+].[Cl][Pt]([Cl])([Cl])[Cl].[K][K].[c-]1c(-c2ccccn2)cccc1-c1ccccn1.c1ccc(-c2cccc(-c3ccccn3)c2)nc1. The average molecular weight is 1110 g/mol. The molecule has 0 fully saturated rings. The molecule has 2 aromatic carbocycles. The zero-order chi connectivity index (χ0) is 32.9. The van der Waals surface area contributed by atoms with E-state index >= 15 is 0 Å². The van der Waals surface area contributed by atoms with Gasteiger partial charge in [0.05, 0.1) is 11.4 Å². The van der Waals surface area contributed by atoms with Gasteiger partial charge in [0, 0.05) is 47.3 Å². The van der Waals surface area contributed by atoms with Crippen LogP contribution in [0.5, 0.6) is 0 Å². The summed E-state index contributed by atoms with van der Waals surface area (Å²) < 4.78 is 0. The Hall–Kier alpha value is 1.14. The molecule has 6 rings (SSSR count). The Kier molecular flexibility index (Phi) is 23.6. The Labute approximate surface area is 344 Å². The van der Waals surface area contributed by atoms with E-state index < -0.39 is 11.9 Å². The molecule has 228 valence electrons. The summed E-state index contributed by atoms with van der Waals surface area (Å²) in [7, 11) is 24.6. The topological polar surface area (TPSA) is 51.6 Å². The van der Waals surface area contributed by atoms with E-state index in [1.807, 2.05) is 109 Å². The fourth-order valence-electron chi connectivity index (χ4n) is 3.72. The fraction of sp³-hybridized carbons (Fsp3) is 0. The van der Waals surface area contributed by atoms with Gasteiger partial charge >= 0.3 is 141 Å². The van der Waals surface area contributed by atoms with E-state index in [0.29, 0.717) is 0 Å². The van der Waals surface area contributed by atoms with Crippen molar-refractivity contribution in [3.63, 3.8) is 0 Å². The summed E-state index contributed by atoms with van der Waals surface area (Å²) in [6, 6.07) is 41.2. The van der Waals surface area contributed by atoms with Crippen molar-refractivity contribution in [2.45, 2.75) is 0 Å². The minimum atomic E-state index is -3.06. The molecule has 0 aliphatic carbocycles. The smallest absolute Gasteiger partial charge is 0.0702 e. The van der Waals surface area contributed by atoms with Crippen LogP contribution in [0.25, 0.3) is 45.0 Å². The summed E-state index contributed by atoms with van der Waals surface area (Å²) in [6.45, 7) is 0. The maximum Gasteiger partial charge on any atom is 0.0702 e. The van der Waals surface area contributed by atoms with Crippen molar-refractivity contribution >= 4 is 110 Å². The Morgan fingerprint density at radius 3 is 1.09 bits per heavy atom. The Morgan fingerprint density at radius 1 is 0.467 bits per heavy atom. The number of nitrogens with zero attached hydrogens (tertiary/aromatic N) is 4. The van der Waals surface area contributed by atoms with E-state index in [9.17, 15) is 0 Å². The molecule has 0 saturated heterocycles. The van der Waals surface area contributed by atoms with E-state index in [0.717, 1.165) is 45.0 Å². The van der Waals surface area contributed by atoms with Gasteiger partial charge in [0.1, 0.15) is 0 Å². The van der Waals surface area contributed by atoms with Gasteiger partial charge < -0.3 is 0 Å². The Bertz CT molecular complexity index is 1410. The molecule has 4 nitrogen and oxygen atoms in total. The van der Waals surface area contributed by atoms with E-state index in [-0.39, 0.29) is 0 Å². The van der Waals surface area contributed by atoms with E-state index in [1.165, 1.54) is 63.2 Å². The summed E-state index contributed by atoms with van der Waals surface area (Å²) in [4.78, 5) is 17.4. The normalized spacial score (nSPS) is 10.2. The van der Waals surface area contributed by atoms with E-state index in [1.54, 1.807) is 31.2 Å². The average Bonchev–Trinajstić information content (AvgIpc) is 3.11. The standard InChI is InChI=1S/C16H12N2.C16H11N2.5ClH.2K.2Pt/c2*1-3-10-17-15(8-1)13-6-5-7-14(12-13)16-9-2-4-11-18-16;;;;;;;;;/h1-12H;1-11H;5*1H;;;;/q;-1;;;;;;;;+2;+4/p-5. The quantitative estimate of drug-likeness (QED) is 0.130. The molecule has 0 N–H and O–H groups in total. The van der Waals surface area contributed by atoms with Crippen LogP contribution in [0.1, 0.15) is 0 Å². The summed E-state index contributed by atoms with van der Waals surface area (Å²) in [5.74, 6) is 0. The third-order valence-electron chi connectivity index (χ3n) is 5.46. The van der Waals surface area contributed by atoms with Crippen molar-refractivity contribution in [1.29, 1.82) is 0 Å². The predicted molar refractivity (Wildman–Crippen MR) is 185 cm³/mol. The van der Waals surface area contributed by atoms with Crippen LogP contribution in [0.4, 0.5) is 0 Å². The van der Waals surface area contributed by atoms with Gasteiger partial charge in [-0.3, -0.25) is 19.9 Å². The van der Waals surface area contributed by atoms with Crippen LogP contribution in [0.15, 0.2) is 140 Å². The third kappa shape index (κ3) is 17.6. The minimum Gasteiger partial charge on any atom is -0.295 e. The second-order valence-corrected chi connectivity index (χ2v) is 27.9. The van der Waals surface area contributed by atoms with Crippen molar-refractivity contribution in [2.24, 2.45) is 0 Å².